The number of hydrogen-bond acceptors (Lipinski definition) is 2. The maximum atomic E-state index is 4.70. The Morgan fingerprint density at radius 1 is 0.254 bits per heavy atom. The van der Waals surface area contributed by atoms with Crippen molar-refractivity contribution in [1.82, 2.24) is 9.97 Å². The zero-order chi connectivity index (χ0) is 41.5. The van der Waals surface area contributed by atoms with Crippen molar-refractivity contribution in [2.75, 3.05) is 0 Å². The van der Waals surface area contributed by atoms with E-state index in [0.717, 1.165) is 33.6 Å². The highest BCUT2D eigenvalue weighted by atomic mass is 14.7. The highest BCUT2D eigenvalue weighted by Crippen LogP contribution is 2.63. The van der Waals surface area contributed by atoms with E-state index in [1.165, 1.54) is 88.3 Å². The van der Waals surface area contributed by atoms with Crippen LogP contribution in [0.3, 0.4) is 0 Å². The summed E-state index contributed by atoms with van der Waals surface area (Å²) in [7, 11) is 0. The molecule has 292 valence electrons. The molecule has 0 bridgehead atoms. The zero-order valence-electron chi connectivity index (χ0n) is 34.3. The van der Waals surface area contributed by atoms with Crippen molar-refractivity contribution in [2.45, 2.75) is 5.41 Å². The third kappa shape index (κ3) is 5.25. The largest absolute Gasteiger partial charge is 0.256 e. The smallest absolute Gasteiger partial charge is 0.0725 e. The summed E-state index contributed by atoms with van der Waals surface area (Å²) < 4.78 is 0. The van der Waals surface area contributed by atoms with Gasteiger partial charge in [-0.05, 0) is 148 Å². The molecule has 2 heteroatoms. The number of fused-ring (bicyclic) bond motifs is 12. The van der Waals surface area contributed by atoms with Gasteiger partial charge >= 0.3 is 0 Å². The number of rotatable bonds is 5. The minimum Gasteiger partial charge on any atom is -0.256 e. The van der Waals surface area contributed by atoms with Gasteiger partial charge in [0.2, 0.25) is 0 Å². The summed E-state index contributed by atoms with van der Waals surface area (Å²) in [6, 6.07) is 80.3. The molecular weight excluding hydrogens is 761 g/mol. The van der Waals surface area contributed by atoms with Gasteiger partial charge in [0.1, 0.15) is 0 Å². The lowest BCUT2D eigenvalue weighted by molar-refractivity contribution is 0.794. The van der Waals surface area contributed by atoms with E-state index in [1.54, 1.807) is 0 Å². The fourth-order valence-electron chi connectivity index (χ4n) is 11.0. The Morgan fingerprint density at radius 3 is 1.11 bits per heavy atom. The van der Waals surface area contributed by atoms with Gasteiger partial charge in [-0.25, -0.2) is 0 Å². The van der Waals surface area contributed by atoms with Crippen molar-refractivity contribution >= 4 is 21.5 Å². The van der Waals surface area contributed by atoms with E-state index in [0.29, 0.717) is 0 Å². The average Bonchev–Trinajstić information content (AvgIpc) is 3.83. The van der Waals surface area contributed by atoms with Gasteiger partial charge < -0.3 is 0 Å². The Bertz CT molecular complexity index is 3430. The van der Waals surface area contributed by atoms with E-state index >= 15 is 0 Å². The highest BCUT2D eigenvalue weighted by molar-refractivity contribution is 6.21. The van der Waals surface area contributed by atoms with E-state index in [2.05, 4.69) is 194 Å². The molecule has 0 fully saturated rings. The van der Waals surface area contributed by atoms with Gasteiger partial charge in [-0.15, -0.1) is 0 Å². The predicted molar refractivity (Wildman–Crippen MR) is 261 cm³/mol. The number of nitrogens with zero attached hydrogens (tertiary/aromatic N) is 2. The molecule has 0 N–H and O–H groups in total. The minimum absolute atomic E-state index is 0.405. The first-order valence-electron chi connectivity index (χ1n) is 21.7. The first-order valence-corrected chi connectivity index (χ1v) is 21.7. The summed E-state index contributed by atoms with van der Waals surface area (Å²) >= 11 is 0. The Labute approximate surface area is 366 Å². The molecule has 2 aliphatic rings. The second kappa shape index (κ2) is 13.9. The van der Waals surface area contributed by atoms with Gasteiger partial charge in [-0.3, -0.25) is 9.97 Å². The molecule has 0 aliphatic heterocycles. The molecule has 0 atom stereocenters. The van der Waals surface area contributed by atoms with Crippen LogP contribution in [0.15, 0.2) is 231 Å². The first-order chi connectivity index (χ1) is 31.3. The lowest BCUT2D eigenvalue weighted by atomic mass is 9.70. The molecule has 2 aromatic heterocycles. The number of pyridine rings is 2. The summed E-state index contributed by atoms with van der Waals surface area (Å²) in [5.74, 6) is 0. The quantitative estimate of drug-likeness (QED) is 0.162. The second-order valence-electron chi connectivity index (χ2n) is 16.8. The molecule has 0 saturated heterocycles. The van der Waals surface area contributed by atoms with E-state index in [4.69, 9.17) is 9.97 Å². The van der Waals surface area contributed by atoms with Gasteiger partial charge in [0.15, 0.2) is 0 Å². The van der Waals surface area contributed by atoms with Crippen molar-refractivity contribution in [3.8, 4) is 78.1 Å². The van der Waals surface area contributed by atoms with Crippen molar-refractivity contribution in [2.24, 2.45) is 0 Å². The van der Waals surface area contributed by atoms with E-state index < -0.39 is 5.41 Å². The van der Waals surface area contributed by atoms with Gasteiger partial charge in [0.25, 0.3) is 0 Å². The molecule has 9 aromatic carbocycles. The van der Waals surface area contributed by atoms with Crippen LogP contribution in [-0.2, 0) is 5.41 Å². The second-order valence-corrected chi connectivity index (χ2v) is 16.8. The fourth-order valence-corrected chi connectivity index (χ4v) is 11.0. The van der Waals surface area contributed by atoms with E-state index in [1.807, 2.05) is 36.7 Å². The highest BCUT2D eigenvalue weighted by Gasteiger charge is 2.51. The Hall–Kier alpha value is -8.20. The molecule has 0 radical (unpaired) electrons. The fraction of sp³-hybridized carbons (Fsp3) is 0.0164. The molecule has 2 aliphatic carbocycles. The molecule has 11 aromatic rings. The summed E-state index contributed by atoms with van der Waals surface area (Å²) in [5.41, 5.74) is 21.5. The Kier molecular flexibility index (Phi) is 7.85. The van der Waals surface area contributed by atoms with Crippen LogP contribution in [0.25, 0.3) is 99.7 Å². The Morgan fingerprint density at radius 2 is 0.635 bits per heavy atom. The maximum Gasteiger partial charge on any atom is 0.0725 e. The molecule has 2 heterocycles. The van der Waals surface area contributed by atoms with Gasteiger partial charge in [0.05, 0.1) is 16.8 Å². The van der Waals surface area contributed by atoms with Crippen molar-refractivity contribution < 1.29 is 0 Å². The van der Waals surface area contributed by atoms with Gasteiger partial charge in [-0.2, -0.15) is 0 Å². The number of benzene rings is 9. The van der Waals surface area contributed by atoms with Crippen molar-refractivity contribution in [3.05, 3.63) is 253 Å². The van der Waals surface area contributed by atoms with Crippen molar-refractivity contribution in [1.29, 1.82) is 0 Å². The van der Waals surface area contributed by atoms with Crippen LogP contribution in [0.5, 0.6) is 0 Å². The standard InChI is InChI=1S/C61H38N2/c1-3-20-51-49(18-1)59(40-29-27-39(28-30-40)42-35-43(57-25-11-13-33-62-57)37-44(36-42)58-26-12-14-34-63-58)50-19-2-4-21-52(50)60(51)41-31-32-48-47-17-7-10-24-55(47)61(56(48)38-41)53-22-8-5-15-45(53)46-16-6-9-23-54(46)61/h1-38H. The lowest BCUT2D eigenvalue weighted by Crippen LogP contribution is -2.25. The van der Waals surface area contributed by atoms with Crippen LogP contribution in [0.2, 0.25) is 0 Å². The van der Waals surface area contributed by atoms with E-state index in [-0.39, 0.29) is 0 Å². The molecular formula is C61H38N2. The summed E-state index contributed by atoms with van der Waals surface area (Å²) in [6.45, 7) is 0. The average molecular weight is 799 g/mol. The molecule has 2 nitrogen and oxygen atoms in total. The molecule has 13 rings (SSSR count). The predicted octanol–water partition coefficient (Wildman–Crippen LogP) is 15.5. The molecule has 0 unspecified atom stereocenters. The summed E-state index contributed by atoms with van der Waals surface area (Å²) in [6.07, 6.45) is 3.70. The number of aromatic nitrogens is 2. The molecule has 1 spiro atoms. The van der Waals surface area contributed by atoms with Crippen molar-refractivity contribution in [3.63, 3.8) is 0 Å². The topological polar surface area (TPSA) is 25.8 Å². The zero-order valence-corrected chi connectivity index (χ0v) is 34.3. The molecule has 0 amide bonds. The monoisotopic (exact) mass is 798 g/mol. The maximum absolute atomic E-state index is 4.70. The van der Waals surface area contributed by atoms with Crippen LogP contribution >= 0.6 is 0 Å². The summed E-state index contributed by atoms with van der Waals surface area (Å²) in [4.78, 5) is 9.40. The third-order valence-electron chi connectivity index (χ3n) is 13.6. The van der Waals surface area contributed by atoms with Gasteiger partial charge in [-0.1, -0.05) is 170 Å². The van der Waals surface area contributed by atoms with Crippen LogP contribution in [-0.4, -0.2) is 9.97 Å². The first kappa shape index (κ1) is 35.5. The minimum atomic E-state index is -0.405. The lowest BCUT2D eigenvalue weighted by Gasteiger charge is -2.30. The van der Waals surface area contributed by atoms with Gasteiger partial charge in [0, 0.05) is 23.5 Å². The molecule has 0 saturated carbocycles. The van der Waals surface area contributed by atoms with Crippen LogP contribution in [0, 0.1) is 0 Å². The Balaban J connectivity index is 0.989. The summed E-state index contributed by atoms with van der Waals surface area (Å²) in [5, 5.41) is 4.97. The van der Waals surface area contributed by atoms with E-state index in [9.17, 15) is 0 Å². The van der Waals surface area contributed by atoms with Crippen LogP contribution < -0.4 is 0 Å². The molecule has 63 heavy (non-hydrogen) atoms. The normalized spacial score (nSPS) is 12.9. The SMILES string of the molecule is c1ccc(-c2cc(-c3ccc(-c4c5ccccc5c(-c5ccc6c(c5)C5(c7ccccc7-c7ccccc75)c5ccccc5-6)c5ccccc45)cc3)cc(-c3ccccn3)c2)nc1. The number of hydrogen-bond donors (Lipinski definition) is 0. The van der Waals surface area contributed by atoms with Crippen LogP contribution in [0.4, 0.5) is 0 Å². The van der Waals surface area contributed by atoms with Crippen LogP contribution in [0.1, 0.15) is 22.3 Å². The third-order valence-corrected chi connectivity index (χ3v) is 13.6.